The summed E-state index contributed by atoms with van der Waals surface area (Å²) < 4.78 is 35.0. The topological polar surface area (TPSA) is 63.3 Å². The van der Waals surface area contributed by atoms with E-state index in [9.17, 15) is 4.39 Å². The Labute approximate surface area is 243 Å². The van der Waals surface area contributed by atoms with Crippen molar-refractivity contribution in [3.05, 3.63) is 108 Å². The lowest BCUT2D eigenvalue weighted by Crippen LogP contribution is -2.24. The Balaban J connectivity index is 1.40. The van der Waals surface area contributed by atoms with Crippen LogP contribution in [0.2, 0.25) is 0 Å². The number of rotatable bonds is 11. The van der Waals surface area contributed by atoms with E-state index in [0.717, 1.165) is 39.2 Å². The number of methoxy groups -OCH3 is 2. The smallest absolute Gasteiger partial charge is 0.173 e. The molecule has 5 aromatic rings. The van der Waals surface area contributed by atoms with Crippen LogP contribution in [0.3, 0.4) is 0 Å². The summed E-state index contributed by atoms with van der Waals surface area (Å²) in [5.74, 6) is 2.52. The fourth-order valence-electron chi connectivity index (χ4n) is 4.94. The Morgan fingerprint density at radius 3 is 2.27 bits per heavy atom. The summed E-state index contributed by atoms with van der Waals surface area (Å²) in [4.78, 5) is 9.06. The second-order valence-corrected chi connectivity index (χ2v) is 11.1. The van der Waals surface area contributed by atoms with E-state index < -0.39 is 5.41 Å². The van der Waals surface area contributed by atoms with Crippen molar-refractivity contribution >= 4 is 11.8 Å². The van der Waals surface area contributed by atoms with Crippen LogP contribution in [0, 0.1) is 12.7 Å². The number of hydrogen-bond acceptors (Lipinski definition) is 6. The third-order valence-electron chi connectivity index (χ3n) is 7.03. The fraction of sp³-hybridized carbons (Fsp3) is 0.250. The molecule has 0 aliphatic rings. The van der Waals surface area contributed by atoms with Crippen LogP contribution in [0.25, 0.3) is 11.4 Å². The Hall–Kier alpha value is -4.24. The summed E-state index contributed by atoms with van der Waals surface area (Å²) in [7, 11) is 3.26. The van der Waals surface area contributed by atoms with E-state index in [1.54, 1.807) is 50.6 Å². The van der Waals surface area contributed by atoms with Crippen molar-refractivity contribution in [1.29, 1.82) is 0 Å². The predicted molar refractivity (Wildman–Crippen MR) is 160 cm³/mol. The molecule has 0 unspecified atom stereocenters. The first kappa shape index (κ1) is 28.3. The normalized spacial score (nSPS) is 11.5. The summed E-state index contributed by atoms with van der Waals surface area (Å²) in [5.41, 5.74) is 4.35. The van der Waals surface area contributed by atoms with Gasteiger partial charge in [0.05, 0.1) is 38.5 Å². The molecule has 0 bridgehead atoms. The Morgan fingerprint density at radius 1 is 0.902 bits per heavy atom. The molecule has 3 aromatic carbocycles. The highest BCUT2D eigenvalue weighted by Gasteiger charge is 2.32. The summed E-state index contributed by atoms with van der Waals surface area (Å²) >= 11 is 1.60. The minimum absolute atomic E-state index is 0.284. The van der Waals surface area contributed by atoms with Crippen LogP contribution in [-0.4, -0.2) is 45.7 Å². The van der Waals surface area contributed by atoms with Gasteiger partial charge < -0.3 is 18.8 Å². The van der Waals surface area contributed by atoms with Crippen molar-refractivity contribution < 1.29 is 18.6 Å². The Kier molecular flexibility index (Phi) is 8.35. The van der Waals surface area contributed by atoms with E-state index in [-0.39, 0.29) is 5.82 Å². The van der Waals surface area contributed by atoms with Gasteiger partial charge in [-0.15, -0.1) is 0 Å². The lowest BCUT2D eigenvalue weighted by Gasteiger charge is -2.29. The van der Waals surface area contributed by atoms with Gasteiger partial charge >= 0.3 is 0 Å². The number of thioether (sulfide) groups is 1. The molecule has 2 aromatic heterocycles. The first-order valence-electron chi connectivity index (χ1n) is 13.2. The molecule has 0 spiro atoms. The number of ether oxygens (including phenoxy) is 3. The van der Waals surface area contributed by atoms with Crippen molar-refractivity contribution in [2.75, 3.05) is 26.6 Å². The number of aromatic nitrogens is 4. The number of imidazole rings is 2. The largest absolute Gasteiger partial charge is 0.493 e. The maximum absolute atomic E-state index is 13.9. The van der Waals surface area contributed by atoms with E-state index in [1.165, 1.54) is 12.1 Å². The van der Waals surface area contributed by atoms with Crippen LogP contribution in [0.5, 0.6) is 17.2 Å². The molecule has 2 heterocycles. The van der Waals surface area contributed by atoms with Gasteiger partial charge in [-0.1, -0.05) is 31.7 Å². The first-order chi connectivity index (χ1) is 19.8. The van der Waals surface area contributed by atoms with Gasteiger partial charge in [0, 0.05) is 34.9 Å². The van der Waals surface area contributed by atoms with Crippen LogP contribution in [-0.2, 0) is 5.41 Å². The lowest BCUT2D eigenvalue weighted by atomic mass is 9.80. The second kappa shape index (κ2) is 12.1. The van der Waals surface area contributed by atoms with Gasteiger partial charge in [0.1, 0.15) is 11.6 Å². The molecule has 41 heavy (non-hydrogen) atoms. The molecule has 0 aliphatic heterocycles. The van der Waals surface area contributed by atoms with E-state index in [4.69, 9.17) is 19.2 Å². The number of hydrogen-bond donors (Lipinski definition) is 0. The number of halogens is 1. The minimum atomic E-state index is -0.461. The molecule has 0 saturated carbocycles. The van der Waals surface area contributed by atoms with E-state index in [0.29, 0.717) is 23.9 Å². The SMILES string of the molecule is COc1ccc(C(C)(C)c2c(C)nc(SCCOc3ccc(-n4ccnc4)cc3)n2-c2ccc(F)cc2)cc1OC. The zero-order valence-corrected chi connectivity index (χ0v) is 24.6. The molecule has 0 atom stereocenters. The maximum atomic E-state index is 13.9. The molecule has 9 heteroatoms. The monoisotopic (exact) mass is 572 g/mol. The molecular formula is C32H33FN4O3S. The summed E-state index contributed by atoms with van der Waals surface area (Å²) in [6, 6.07) is 20.4. The standard InChI is InChI=1S/C32H33FN4O3S/c1-22-30(32(2,3)23-6-15-28(38-4)29(20-23)39-5)37(26-9-7-24(33)8-10-26)31(35-22)41-19-18-40-27-13-11-25(12-14-27)36-17-16-34-21-36/h6-17,20-21H,18-19H2,1-5H3. The third-order valence-corrected chi connectivity index (χ3v) is 7.93. The summed E-state index contributed by atoms with van der Waals surface area (Å²) in [6.45, 7) is 6.83. The zero-order chi connectivity index (χ0) is 29.0. The van der Waals surface area contributed by atoms with Crippen molar-refractivity contribution in [2.45, 2.75) is 31.3 Å². The average Bonchev–Trinajstić information content (AvgIpc) is 3.64. The van der Waals surface area contributed by atoms with E-state index in [2.05, 4.69) is 23.4 Å². The van der Waals surface area contributed by atoms with Gasteiger partial charge in [0.2, 0.25) is 0 Å². The van der Waals surface area contributed by atoms with Crippen LogP contribution in [0.4, 0.5) is 4.39 Å². The van der Waals surface area contributed by atoms with Gasteiger partial charge in [-0.05, 0) is 73.2 Å². The second-order valence-electron chi connectivity index (χ2n) is 10.00. The average molecular weight is 573 g/mol. The highest BCUT2D eigenvalue weighted by Crippen LogP contribution is 2.41. The summed E-state index contributed by atoms with van der Waals surface area (Å²) in [5, 5.41) is 0.816. The molecule has 5 rings (SSSR count). The van der Waals surface area contributed by atoms with Crippen LogP contribution in [0.15, 0.2) is 90.6 Å². The molecule has 212 valence electrons. The molecule has 0 N–H and O–H groups in total. The van der Waals surface area contributed by atoms with Crippen molar-refractivity contribution in [1.82, 2.24) is 19.1 Å². The fourth-order valence-corrected chi connectivity index (χ4v) is 5.82. The molecular weight excluding hydrogens is 539 g/mol. The van der Waals surface area contributed by atoms with Crippen molar-refractivity contribution in [2.24, 2.45) is 0 Å². The van der Waals surface area contributed by atoms with Gasteiger partial charge in [0.25, 0.3) is 0 Å². The van der Waals surface area contributed by atoms with E-state index in [1.807, 2.05) is 60.2 Å². The highest BCUT2D eigenvalue weighted by atomic mass is 32.2. The number of nitrogens with zero attached hydrogens (tertiary/aromatic N) is 4. The molecule has 0 saturated heterocycles. The van der Waals surface area contributed by atoms with Gasteiger partial charge in [-0.2, -0.15) is 0 Å². The molecule has 7 nitrogen and oxygen atoms in total. The zero-order valence-electron chi connectivity index (χ0n) is 23.8. The van der Waals surface area contributed by atoms with Crippen molar-refractivity contribution in [3.63, 3.8) is 0 Å². The van der Waals surface area contributed by atoms with Crippen LogP contribution >= 0.6 is 11.8 Å². The Bertz CT molecular complexity index is 1600. The quantitative estimate of drug-likeness (QED) is 0.125. The minimum Gasteiger partial charge on any atom is -0.493 e. The Morgan fingerprint density at radius 2 is 1.61 bits per heavy atom. The molecule has 0 fully saturated rings. The van der Waals surface area contributed by atoms with E-state index >= 15 is 0 Å². The number of benzene rings is 3. The van der Waals surface area contributed by atoms with Gasteiger partial charge in [-0.3, -0.25) is 4.57 Å². The highest BCUT2D eigenvalue weighted by molar-refractivity contribution is 7.99. The maximum Gasteiger partial charge on any atom is 0.173 e. The first-order valence-corrected chi connectivity index (χ1v) is 14.2. The lowest BCUT2D eigenvalue weighted by molar-refractivity contribution is 0.344. The van der Waals surface area contributed by atoms with Gasteiger partial charge in [0.15, 0.2) is 16.7 Å². The summed E-state index contributed by atoms with van der Waals surface area (Å²) in [6.07, 6.45) is 5.41. The number of aryl methyl sites for hydroxylation is 1. The molecule has 0 aliphatic carbocycles. The molecule has 0 radical (unpaired) electrons. The van der Waals surface area contributed by atoms with Gasteiger partial charge in [-0.25, -0.2) is 14.4 Å². The third kappa shape index (κ3) is 5.95. The van der Waals surface area contributed by atoms with Crippen molar-refractivity contribution in [3.8, 4) is 28.6 Å². The van der Waals surface area contributed by atoms with Crippen LogP contribution < -0.4 is 14.2 Å². The molecule has 0 amide bonds. The predicted octanol–water partition coefficient (Wildman–Crippen LogP) is 7.02. The van der Waals surface area contributed by atoms with Crippen LogP contribution in [0.1, 0.15) is 30.8 Å².